The van der Waals surface area contributed by atoms with Crippen LogP contribution in [0, 0.1) is 0 Å². The lowest BCUT2D eigenvalue weighted by Crippen LogP contribution is -2.44. The molecule has 0 saturated carbocycles. The molecule has 0 saturated heterocycles. The zero-order valence-corrected chi connectivity index (χ0v) is 12.3. The van der Waals surface area contributed by atoms with Crippen LogP contribution < -0.4 is 4.90 Å². The van der Waals surface area contributed by atoms with Crippen LogP contribution in [0.15, 0.2) is 64.8 Å². The van der Waals surface area contributed by atoms with Gasteiger partial charge in [0.05, 0.1) is 5.69 Å². The molecule has 0 spiro atoms. The molecular formula is C18H11NO5. The molecule has 1 aromatic carbocycles. The number of phenols is 1. The Hall–Kier alpha value is -3.41. The summed E-state index contributed by atoms with van der Waals surface area (Å²) in [6.07, 6.45) is 7.59. The summed E-state index contributed by atoms with van der Waals surface area (Å²) >= 11 is 0. The molecule has 1 aromatic rings. The van der Waals surface area contributed by atoms with Crippen molar-refractivity contribution in [3.8, 4) is 5.75 Å². The van der Waals surface area contributed by atoms with Crippen LogP contribution in [0.25, 0.3) is 0 Å². The van der Waals surface area contributed by atoms with Gasteiger partial charge in [0, 0.05) is 17.2 Å². The molecule has 4 rings (SSSR count). The zero-order valence-electron chi connectivity index (χ0n) is 12.3. The van der Waals surface area contributed by atoms with E-state index in [1.807, 2.05) is 12.2 Å². The Kier molecular flexibility index (Phi) is 2.83. The lowest BCUT2D eigenvalue weighted by molar-refractivity contribution is -0.123. The smallest absolute Gasteiger partial charge is 0.339 e. The van der Waals surface area contributed by atoms with Gasteiger partial charge >= 0.3 is 5.97 Å². The van der Waals surface area contributed by atoms with Gasteiger partial charge in [-0.2, -0.15) is 0 Å². The summed E-state index contributed by atoms with van der Waals surface area (Å²) in [7, 11) is 0. The monoisotopic (exact) mass is 321 g/mol. The van der Waals surface area contributed by atoms with Crippen molar-refractivity contribution in [1.29, 1.82) is 0 Å². The zero-order chi connectivity index (χ0) is 17.0. The second kappa shape index (κ2) is 4.79. The first-order chi connectivity index (χ1) is 11.5. The average molecular weight is 321 g/mol. The van der Waals surface area contributed by atoms with E-state index in [9.17, 15) is 19.5 Å². The van der Waals surface area contributed by atoms with E-state index < -0.39 is 23.5 Å². The third-order valence-corrected chi connectivity index (χ3v) is 4.30. The van der Waals surface area contributed by atoms with Crippen molar-refractivity contribution in [3.05, 3.63) is 70.4 Å². The van der Waals surface area contributed by atoms with Crippen molar-refractivity contribution in [3.63, 3.8) is 0 Å². The van der Waals surface area contributed by atoms with Gasteiger partial charge in [0.25, 0.3) is 11.8 Å². The number of aromatic hydroxyl groups is 1. The molecule has 1 heterocycles. The Bertz CT molecular complexity index is 962. The number of nitrogens with zero attached hydrogens (tertiary/aromatic N) is 1. The van der Waals surface area contributed by atoms with Crippen LogP contribution >= 0.6 is 0 Å². The van der Waals surface area contributed by atoms with Crippen LogP contribution in [0.2, 0.25) is 0 Å². The maximum atomic E-state index is 12.7. The van der Waals surface area contributed by atoms with Gasteiger partial charge in [-0.25, -0.2) is 9.69 Å². The second-order valence-corrected chi connectivity index (χ2v) is 5.68. The van der Waals surface area contributed by atoms with Gasteiger partial charge in [0.2, 0.25) is 0 Å². The molecule has 6 nitrogen and oxygen atoms in total. The van der Waals surface area contributed by atoms with Gasteiger partial charge in [-0.15, -0.1) is 0 Å². The molecule has 0 aromatic heterocycles. The largest absolute Gasteiger partial charge is 0.507 e. The van der Waals surface area contributed by atoms with E-state index in [0.29, 0.717) is 23.1 Å². The number of carboxylic acids is 1. The first-order valence-corrected chi connectivity index (χ1v) is 7.25. The number of aromatic carboxylic acids is 1. The molecule has 1 aliphatic heterocycles. The summed E-state index contributed by atoms with van der Waals surface area (Å²) in [5.41, 5.74) is 2.48. The standard InChI is InChI=1S/C18H11NO5/c20-15-8-10(3-6-13(15)18(23)24)19-16(21)11-4-1-9-2-5-12(17(19)22)14(11)7-9/h1-6,8,20H,7H2,(H,23,24). The Morgan fingerprint density at radius 3 is 2.58 bits per heavy atom. The molecule has 118 valence electrons. The van der Waals surface area contributed by atoms with E-state index in [1.165, 1.54) is 12.1 Å². The second-order valence-electron chi connectivity index (χ2n) is 5.68. The average Bonchev–Trinajstić information content (AvgIpc) is 2.54. The molecule has 0 unspecified atom stereocenters. The first kappa shape index (κ1) is 14.2. The molecule has 2 aliphatic carbocycles. The van der Waals surface area contributed by atoms with Crippen molar-refractivity contribution >= 4 is 23.5 Å². The fourth-order valence-corrected chi connectivity index (χ4v) is 3.10. The molecule has 0 atom stereocenters. The van der Waals surface area contributed by atoms with Gasteiger partial charge < -0.3 is 10.2 Å². The maximum Gasteiger partial charge on any atom is 0.339 e. The quantitative estimate of drug-likeness (QED) is 0.813. The summed E-state index contributed by atoms with van der Waals surface area (Å²) in [5.74, 6) is -2.75. The maximum absolute atomic E-state index is 12.7. The SMILES string of the molecule is O=C(O)c1ccc(N2C(=O)C3=CC=C4C=CC(=C3C4)C2=O)cc1O. The number of hydrogen-bond acceptors (Lipinski definition) is 4. The molecule has 6 heteroatoms. The summed E-state index contributed by atoms with van der Waals surface area (Å²) in [6, 6.07) is 3.62. The summed E-state index contributed by atoms with van der Waals surface area (Å²) in [4.78, 5) is 37.4. The molecular weight excluding hydrogens is 310 g/mol. The Balaban J connectivity index is 1.84. The Morgan fingerprint density at radius 1 is 1.08 bits per heavy atom. The van der Waals surface area contributed by atoms with Crippen LogP contribution in [-0.2, 0) is 9.59 Å². The Labute approximate surface area is 136 Å². The Morgan fingerprint density at radius 2 is 1.88 bits per heavy atom. The van der Waals surface area contributed by atoms with E-state index in [-0.39, 0.29) is 11.3 Å². The lowest BCUT2D eigenvalue weighted by Gasteiger charge is -2.33. The lowest BCUT2D eigenvalue weighted by atomic mass is 9.81. The number of carbonyl (C=O) groups excluding carboxylic acids is 2. The van der Waals surface area contributed by atoms with Crippen LogP contribution in [-0.4, -0.2) is 28.0 Å². The fourth-order valence-electron chi connectivity index (χ4n) is 3.10. The predicted molar refractivity (Wildman–Crippen MR) is 84.5 cm³/mol. The number of imide groups is 1. The molecule has 3 aliphatic rings. The predicted octanol–water partition coefficient (Wildman–Crippen LogP) is 2.09. The third-order valence-electron chi connectivity index (χ3n) is 4.30. The highest BCUT2D eigenvalue weighted by Gasteiger charge is 2.39. The van der Waals surface area contributed by atoms with Gasteiger partial charge in [-0.1, -0.05) is 12.2 Å². The molecule has 2 amide bonds. The van der Waals surface area contributed by atoms with Crippen molar-refractivity contribution in [2.24, 2.45) is 0 Å². The minimum absolute atomic E-state index is 0.133. The van der Waals surface area contributed by atoms with E-state index in [1.54, 1.807) is 12.2 Å². The van der Waals surface area contributed by atoms with Crippen LogP contribution in [0.1, 0.15) is 16.8 Å². The van der Waals surface area contributed by atoms with E-state index in [0.717, 1.165) is 16.5 Å². The fraction of sp³-hybridized carbons (Fsp3) is 0.0556. The van der Waals surface area contributed by atoms with Crippen LogP contribution in [0.5, 0.6) is 5.75 Å². The number of anilines is 1. The highest BCUT2D eigenvalue weighted by molar-refractivity contribution is 6.31. The topological polar surface area (TPSA) is 94.9 Å². The number of allylic oxidation sites excluding steroid dienone is 4. The van der Waals surface area contributed by atoms with Crippen molar-refractivity contribution in [2.75, 3.05) is 4.90 Å². The van der Waals surface area contributed by atoms with Crippen LogP contribution in [0.3, 0.4) is 0 Å². The number of benzene rings is 1. The number of fused-ring (bicyclic) bond motifs is 1. The minimum atomic E-state index is -1.29. The van der Waals surface area contributed by atoms with Crippen molar-refractivity contribution in [1.82, 2.24) is 0 Å². The minimum Gasteiger partial charge on any atom is -0.507 e. The van der Waals surface area contributed by atoms with E-state index >= 15 is 0 Å². The number of carboxylic acid groups (broad SMARTS) is 1. The number of amides is 2. The van der Waals surface area contributed by atoms with Gasteiger partial charge in [-0.3, -0.25) is 9.59 Å². The van der Waals surface area contributed by atoms with Gasteiger partial charge in [0.1, 0.15) is 11.3 Å². The molecule has 2 bridgehead atoms. The van der Waals surface area contributed by atoms with Gasteiger partial charge in [0.15, 0.2) is 0 Å². The summed E-state index contributed by atoms with van der Waals surface area (Å²) < 4.78 is 0. The number of hydrogen-bond donors (Lipinski definition) is 2. The van der Waals surface area contributed by atoms with Gasteiger partial charge in [-0.05, 0) is 41.9 Å². The van der Waals surface area contributed by atoms with Crippen molar-refractivity contribution in [2.45, 2.75) is 6.42 Å². The molecule has 2 N–H and O–H groups in total. The number of rotatable bonds is 2. The normalized spacial score (nSPS) is 18.6. The molecule has 0 fully saturated rings. The van der Waals surface area contributed by atoms with E-state index in [4.69, 9.17) is 5.11 Å². The summed E-state index contributed by atoms with van der Waals surface area (Å²) in [6.45, 7) is 0. The summed E-state index contributed by atoms with van der Waals surface area (Å²) in [5, 5.41) is 18.8. The third kappa shape index (κ3) is 1.86. The first-order valence-electron chi connectivity index (χ1n) is 7.25. The number of carbonyl (C=O) groups is 3. The van der Waals surface area contributed by atoms with E-state index in [2.05, 4.69) is 0 Å². The molecule has 0 radical (unpaired) electrons. The highest BCUT2D eigenvalue weighted by atomic mass is 16.4. The van der Waals surface area contributed by atoms with Crippen molar-refractivity contribution < 1.29 is 24.6 Å². The van der Waals surface area contributed by atoms with Crippen LogP contribution in [0.4, 0.5) is 5.69 Å². The molecule has 24 heavy (non-hydrogen) atoms. The highest BCUT2D eigenvalue weighted by Crippen LogP contribution is 2.39.